The minimum Gasteiger partial charge on any atom is -0.506 e. The first-order chi connectivity index (χ1) is 16.7. The summed E-state index contributed by atoms with van der Waals surface area (Å²) in [5, 5.41) is 12.2. The number of halogens is 1. The standard InChI is InChI=1S/C24H26FN3O6S/c25-19-11-16(17-1-5-21(30)20(12-17)26-15-29)2-6-22(19)35(32,33)27-9-7-24(8-10-27)14-28(18-3-4-18)23(31)13-34-24/h1-2,5-6,11-12,15,18,30H,3-4,7-10,13-14H2,(H,26,29). The molecule has 186 valence electrons. The van der Waals surface area contributed by atoms with Crippen LogP contribution in [0.5, 0.6) is 5.75 Å². The molecule has 1 spiro atoms. The number of phenols is 1. The lowest BCUT2D eigenvalue weighted by Crippen LogP contribution is -2.59. The second-order valence-corrected chi connectivity index (χ2v) is 11.2. The molecule has 0 atom stereocenters. The zero-order chi connectivity index (χ0) is 24.8. The summed E-state index contributed by atoms with van der Waals surface area (Å²) in [5.74, 6) is -1.05. The molecule has 2 aromatic carbocycles. The van der Waals surface area contributed by atoms with E-state index in [1.807, 2.05) is 4.90 Å². The van der Waals surface area contributed by atoms with E-state index in [0.29, 0.717) is 36.9 Å². The molecule has 1 aliphatic carbocycles. The number of morpholine rings is 1. The zero-order valence-corrected chi connectivity index (χ0v) is 19.8. The molecule has 5 rings (SSSR count). The summed E-state index contributed by atoms with van der Waals surface area (Å²) in [7, 11) is -4.08. The molecule has 35 heavy (non-hydrogen) atoms. The Balaban J connectivity index is 1.32. The average Bonchev–Trinajstić information content (AvgIpc) is 3.68. The minimum atomic E-state index is -4.08. The van der Waals surface area contributed by atoms with Gasteiger partial charge in [-0.3, -0.25) is 9.59 Å². The van der Waals surface area contributed by atoms with Gasteiger partial charge in [0.2, 0.25) is 22.3 Å². The van der Waals surface area contributed by atoms with Gasteiger partial charge in [-0.1, -0.05) is 12.1 Å². The number of nitrogens with zero attached hydrogens (tertiary/aromatic N) is 2. The smallest absolute Gasteiger partial charge is 0.248 e. The fraction of sp³-hybridized carbons (Fsp3) is 0.417. The first-order valence-electron chi connectivity index (χ1n) is 11.5. The van der Waals surface area contributed by atoms with Crippen LogP contribution in [0, 0.1) is 5.82 Å². The van der Waals surface area contributed by atoms with Gasteiger partial charge in [-0.15, -0.1) is 0 Å². The normalized spacial score (nSPS) is 20.7. The Labute approximate surface area is 202 Å². The zero-order valence-electron chi connectivity index (χ0n) is 18.9. The molecule has 0 radical (unpaired) electrons. The first kappa shape index (κ1) is 23.7. The highest BCUT2D eigenvalue weighted by molar-refractivity contribution is 7.89. The predicted molar refractivity (Wildman–Crippen MR) is 125 cm³/mol. The van der Waals surface area contributed by atoms with Crippen molar-refractivity contribution in [1.29, 1.82) is 0 Å². The maximum Gasteiger partial charge on any atom is 0.248 e. The second kappa shape index (κ2) is 8.89. The second-order valence-electron chi connectivity index (χ2n) is 9.27. The highest BCUT2D eigenvalue weighted by atomic mass is 32.2. The Bertz CT molecular complexity index is 1270. The van der Waals surface area contributed by atoms with Crippen molar-refractivity contribution >= 4 is 28.0 Å². The Morgan fingerprint density at radius 1 is 1.11 bits per heavy atom. The van der Waals surface area contributed by atoms with E-state index in [2.05, 4.69) is 5.32 Å². The number of piperidine rings is 1. The van der Waals surface area contributed by atoms with E-state index in [0.717, 1.165) is 18.9 Å². The number of carbonyl (C=O) groups excluding carboxylic acids is 2. The fourth-order valence-electron chi connectivity index (χ4n) is 4.82. The minimum absolute atomic E-state index is 0.0146. The summed E-state index contributed by atoms with van der Waals surface area (Å²) < 4.78 is 48.7. The molecule has 0 bridgehead atoms. The lowest BCUT2D eigenvalue weighted by Gasteiger charge is -2.46. The topological polar surface area (TPSA) is 116 Å². The maximum absolute atomic E-state index is 15.1. The van der Waals surface area contributed by atoms with Crippen molar-refractivity contribution in [3.05, 3.63) is 42.2 Å². The van der Waals surface area contributed by atoms with E-state index in [1.165, 1.54) is 34.6 Å². The van der Waals surface area contributed by atoms with Crippen LogP contribution in [0.2, 0.25) is 0 Å². The summed E-state index contributed by atoms with van der Waals surface area (Å²) in [4.78, 5) is 24.3. The molecule has 0 unspecified atom stereocenters. The van der Waals surface area contributed by atoms with Gasteiger partial charge in [0.05, 0.1) is 17.8 Å². The van der Waals surface area contributed by atoms with Crippen LogP contribution in [0.25, 0.3) is 11.1 Å². The van der Waals surface area contributed by atoms with Crippen LogP contribution < -0.4 is 5.32 Å². The Hall–Kier alpha value is -3.02. The van der Waals surface area contributed by atoms with E-state index in [-0.39, 0.29) is 43.1 Å². The maximum atomic E-state index is 15.1. The van der Waals surface area contributed by atoms with Gasteiger partial charge in [0, 0.05) is 19.1 Å². The van der Waals surface area contributed by atoms with Gasteiger partial charge in [0.25, 0.3) is 0 Å². The van der Waals surface area contributed by atoms with Crippen molar-refractivity contribution in [2.75, 3.05) is 31.6 Å². The van der Waals surface area contributed by atoms with Crippen molar-refractivity contribution in [3.63, 3.8) is 0 Å². The summed E-state index contributed by atoms with van der Waals surface area (Å²) in [6, 6.07) is 8.49. The monoisotopic (exact) mass is 503 g/mol. The van der Waals surface area contributed by atoms with E-state index >= 15 is 4.39 Å². The van der Waals surface area contributed by atoms with E-state index in [4.69, 9.17) is 4.74 Å². The van der Waals surface area contributed by atoms with Gasteiger partial charge in [-0.2, -0.15) is 4.31 Å². The molecule has 3 aliphatic rings. The van der Waals surface area contributed by atoms with Gasteiger partial charge >= 0.3 is 0 Å². The number of aromatic hydroxyl groups is 1. The third-order valence-corrected chi connectivity index (χ3v) is 8.93. The molecule has 9 nitrogen and oxygen atoms in total. The van der Waals surface area contributed by atoms with Crippen molar-refractivity contribution in [2.24, 2.45) is 0 Å². The molecule has 2 aromatic rings. The SMILES string of the molecule is O=CNc1cc(-c2ccc(S(=O)(=O)N3CCC4(CC3)CN(C3CC3)C(=O)CO4)c(F)c2)ccc1O. The molecule has 2 heterocycles. The van der Waals surface area contributed by atoms with E-state index in [1.54, 1.807) is 0 Å². The lowest BCUT2D eigenvalue weighted by atomic mass is 9.90. The molecular weight excluding hydrogens is 477 g/mol. The van der Waals surface area contributed by atoms with Crippen LogP contribution >= 0.6 is 0 Å². The highest BCUT2D eigenvalue weighted by Crippen LogP contribution is 2.38. The quantitative estimate of drug-likeness (QED) is 0.462. The molecular formula is C24H26FN3O6S. The van der Waals surface area contributed by atoms with Crippen molar-refractivity contribution in [3.8, 4) is 16.9 Å². The van der Waals surface area contributed by atoms with Gasteiger partial charge in [0.1, 0.15) is 23.1 Å². The van der Waals surface area contributed by atoms with Crippen molar-refractivity contribution in [2.45, 2.75) is 42.2 Å². The van der Waals surface area contributed by atoms with Gasteiger partial charge in [-0.05, 0) is 61.1 Å². The number of ether oxygens (including phenoxy) is 1. The predicted octanol–water partition coefficient (Wildman–Crippen LogP) is 2.31. The highest BCUT2D eigenvalue weighted by Gasteiger charge is 2.47. The number of anilines is 1. The number of carbonyl (C=O) groups is 2. The summed E-state index contributed by atoms with van der Waals surface area (Å²) in [6.45, 7) is 0.839. The Morgan fingerprint density at radius 3 is 2.46 bits per heavy atom. The number of nitrogens with one attached hydrogen (secondary N) is 1. The van der Waals surface area contributed by atoms with Crippen LogP contribution in [-0.4, -0.2) is 72.9 Å². The van der Waals surface area contributed by atoms with Gasteiger partial charge in [-0.25, -0.2) is 12.8 Å². The van der Waals surface area contributed by atoms with Crippen LogP contribution in [-0.2, 0) is 24.3 Å². The Kier molecular flexibility index (Phi) is 6.02. The third kappa shape index (κ3) is 4.51. The number of rotatable bonds is 6. The number of sulfonamides is 1. The molecule has 2 amide bonds. The van der Waals surface area contributed by atoms with Gasteiger partial charge in [0.15, 0.2) is 0 Å². The van der Waals surface area contributed by atoms with E-state index < -0.39 is 26.3 Å². The number of amides is 2. The molecule has 1 saturated carbocycles. The average molecular weight is 504 g/mol. The summed E-state index contributed by atoms with van der Waals surface area (Å²) in [5.41, 5.74) is 0.494. The number of hydrogen-bond acceptors (Lipinski definition) is 6. The molecule has 2 aliphatic heterocycles. The van der Waals surface area contributed by atoms with Crippen LogP contribution in [0.1, 0.15) is 25.7 Å². The van der Waals surface area contributed by atoms with Crippen LogP contribution in [0.15, 0.2) is 41.3 Å². The fourth-order valence-corrected chi connectivity index (χ4v) is 6.31. The number of benzene rings is 2. The largest absolute Gasteiger partial charge is 0.506 e. The molecule has 11 heteroatoms. The lowest BCUT2D eigenvalue weighted by molar-refractivity contribution is -0.170. The first-order valence-corrected chi connectivity index (χ1v) is 12.9. The Morgan fingerprint density at radius 2 is 1.80 bits per heavy atom. The van der Waals surface area contributed by atoms with Crippen LogP contribution in [0.3, 0.4) is 0 Å². The summed E-state index contributed by atoms with van der Waals surface area (Å²) in [6.07, 6.45) is 3.27. The van der Waals surface area contributed by atoms with Crippen LogP contribution in [0.4, 0.5) is 10.1 Å². The molecule has 0 aromatic heterocycles. The van der Waals surface area contributed by atoms with E-state index in [9.17, 15) is 23.1 Å². The molecule has 2 saturated heterocycles. The van der Waals surface area contributed by atoms with Crippen molar-refractivity contribution in [1.82, 2.24) is 9.21 Å². The van der Waals surface area contributed by atoms with Crippen molar-refractivity contribution < 1.29 is 32.2 Å². The molecule has 2 N–H and O–H groups in total. The summed E-state index contributed by atoms with van der Waals surface area (Å²) >= 11 is 0. The van der Waals surface area contributed by atoms with Gasteiger partial charge < -0.3 is 20.1 Å². The number of hydrogen-bond donors (Lipinski definition) is 2. The molecule has 3 fully saturated rings. The number of phenolic OH excluding ortho intramolecular Hbond substituents is 1. The third-order valence-electron chi connectivity index (χ3n) is 7.00.